The fourth-order valence-electron chi connectivity index (χ4n) is 3.18. The van der Waals surface area contributed by atoms with Gasteiger partial charge in [-0.1, -0.05) is 26.7 Å². The average molecular weight is 290 g/mol. The molecule has 1 aromatic heterocycles. The van der Waals surface area contributed by atoms with Crippen LogP contribution in [0.15, 0.2) is 12.1 Å². The molecule has 4 heteroatoms. The summed E-state index contributed by atoms with van der Waals surface area (Å²) in [6.07, 6.45) is 8.20. The Bertz CT molecular complexity index is 480. The first-order chi connectivity index (χ1) is 10.1. The van der Waals surface area contributed by atoms with Crippen molar-refractivity contribution in [3.63, 3.8) is 0 Å². The van der Waals surface area contributed by atoms with Gasteiger partial charge in [-0.15, -0.1) is 0 Å². The maximum absolute atomic E-state index is 11.2. The molecule has 1 aliphatic rings. The second kappa shape index (κ2) is 7.43. The molecule has 1 saturated carbocycles. The van der Waals surface area contributed by atoms with Crippen LogP contribution in [0.25, 0.3) is 0 Å². The standard InChI is InChI=1S/C17H26N2O2/c1-3-5-12-6-8-15(9-7-12)19-16-11-13(17(20)21)10-14(4-2)18-16/h10-12,15H,3-9H2,1-2H3,(H,18,19)(H,20,21). The van der Waals surface area contributed by atoms with Crippen molar-refractivity contribution in [2.24, 2.45) is 5.92 Å². The zero-order valence-corrected chi connectivity index (χ0v) is 13.1. The predicted octanol–water partition coefficient (Wildman–Crippen LogP) is 4.11. The molecular formula is C17H26N2O2. The normalized spacial score (nSPS) is 22.0. The highest BCUT2D eigenvalue weighted by Crippen LogP contribution is 2.29. The van der Waals surface area contributed by atoms with Gasteiger partial charge in [0.1, 0.15) is 5.82 Å². The molecule has 0 bridgehead atoms. The lowest BCUT2D eigenvalue weighted by Gasteiger charge is -2.29. The number of carboxylic acids is 1. The summed E-state index contributed by atoms with van der Waals surface area (Å²) in [6, 6.07) is 3.74. The van der Waals surface area contributed by atoms with Crippen LogP contribution in [0.1, 0.15) is 68.4 Å². The Morgan fingerprint density at radius 2 is 2.00 bits per heavy atom. The summed E-state index contributed by atoms with van der Waals surface area (Å²) in [5.41, 5.74) is 1.15. The molecule has 0 unspecified atom stereocenters. The van der Waals surface area contributed by atoms with Gasteiger partial charge in [0, 0.05) is 11.7 Å². The Hall–Kier alpha value is -1.58. The van der Waals surface area contributed by atoms with E-state index >= 15 is 0 Å². The van der Waals surface area contributed by atoms with Gasteiger partial charge in [0.15, 0.2) is 0 Å². The Morgan fingerprint density at radius 3 is 2.57 bits per heavy atom. The second-order valence-corrected chi connectivity index (χ2v) is 6.04. The monoisotopic (exact) mass is 290 g/mol. The predicted molar refractivity (Wildman–Crippen MR) is 84.9 cm³/mol. The van der Waals surface area contributed by atoms with Crippen LogP contribution >= 0.6 is 0 Å². The zero-order valence-electron chi connectivity index (χ0n) is 13.1. The number of aryl methyl sites for hydroxylation is 1. The van der Waals surface area contributed by atoms with Gasteiger partial charge >= 0.3 is 5.97 Å². The third-order valence-electron chi connectivity index (χ3n) is 4.38. The van der Waals surface area contributed by atoms with Crippen LogP contribution in [0.4, 0.5) is 5.82 Å². The van der Waals surface area contributed by atoms with Gasteiger partial charge in [-0.2, -0.15) is 0 Å². The number of anilines is 1. The molecule has 0 aliphatic heterocycles. The molecule has 0 aromatic carbocycles. The van der Waals surface area contributed by atoms with Gasteiger partial charge in [-0.05, 0) is 50.2 Å². The van der Waals surface area contributed by atoms with E-state index in [-0.39, 0.29) is 0 Å². The van der Waals surface area contributed by atoms with Crippen molar-refractivity contribution in [1.29, 1.82) is 0 Å². The molecule has 0 radical (unpaired) electrons. The summed E-state index contributed by atoms with van der Waals surface area (Å²) in [5.74, 6) is 0.699. The van der Waals surface area contributed by atoms with Crippen LogP contribution in [-0.4, -0.2) is 22.1 Å². The van der Waals surface area contributed by atoms with E-state index in [1.807, 2.05) is 6.92 Å². The molecule has 0 spiro atoms. The van der Waals surface area contributed by atoms with E-state index in [0.29, 0.717) is 17.4 Å². The van der Waals surface area contributed by atoms with E-state index in [2.05, 4.69) is 17.2 Å². The Kier molecular flexibility index (Phi) is 5.59. The fourth-order valence-corrected chi connectivity index (χ4v) is 3.18. The van der Waals surface area contributed by atoms with E-state index in [0.717, 1.165) is 30.9 Å². The average Bonchev–Trinajstić information content (AvgIpc) is 2.49. The van der Waals surface area contributed by atoms with Crippen LogP contribution in [0, 0.1) is 5.92 Å². The number of rotatable bonds is 6. The van der Waals surface area contributed by atoms with Crippen LogP contribution in [0.2, 0.25) is 0 Å². The van der Waals surface area contributed by atoms with Crippen molar-refractivity contribution in [1.82, 2.24) is 4.98 Å². The lowest BCUT2D eigenvalue weighted by Crippen LogP contribution is -2.26. The topological polar surface area (TPSA) is 62.2 Å². The third-order valence-corrected chi connectivity index (χ3v) is 4.38. The quantitative estimate of drug-likeness (QED) is 0.827. The maximum atomic E-state index is 11.2. The summed E-state index contributed by atoms with van der Waals surface area (Å²) >= 11 is 0. The SMILES string of the molecule is CCCC1CCC(Nc2cc(C(=O)O)cc(CC)n2)CC1. The smallest absolute Gasteiger partial charge is 0.335 e. The second-order valence-electron chi connectivity index (χ2n) is 6.04. The fraction of sp³-hybridized carbons (Fsp3) is 0.647. The van der Waals surface area contributed by atoms with E-state index in [4.69, 9.17) is 0 Å². The number of carbonyl (C=O) groups is 1. The number of nitrogens with zero attached hydrogens (tertiary/aromatic N) is 1. The molecule has 2 rings (SSSR count). The van der Waals surface area contributed by atoms with Crippen molar-refractivity contribution in [2.75, 3.05) is 5.32 Å². The minimum atomic E-state index is -0.887. The summed E-state index contributed by atoms with van der Waals surface area (Å²) in [6.45, 7) is 4.24. The highest BCUT2D eigenvalue weighted by molar-refractivity contribution is 5.88. The van der Waals surface area contributed by atoms with Gasteiger partial charge in [-0.25, -0.2) is 9.78 Å². The molecule has 2 N–H and O–H groups in total. The highest BCUT2D eigenvalue weighted by Gasteiger charge is 2.21. The van der Waals surface area contributed by atoms with Gasteiger partial charge in [0.05, 0.1) is 5.56 Å². The molecule has 1 fully saturated rings. The maximum Gasteiger partial charge on any atom is 0.335 e. The molecule has 1 aromatic rings. The van der Waals surface area contributed by atoms with E-state index in [9.17, 15) is 9.90 Å². The Labute approximate surface area is 127 Å². The molecule has 21 heavy (non-hydrogen) atoms. The minimum Gasteiger partial charge on any atom is -0.478 e. The first-order valence-corrected chi connectivity index (χ1v) is 8.13. The molecule has 116 valence electrons. The van der Waals surface area contributed by atoms with Crippen molar-refractivity contribution >= 4 is 11.8 Å². The van der Waals surface area contributed by atoms with Crippen molar-refractivity contribution < 1.29 is 9.90 Å². The summed E-state index contributed by atoms with van der Waals surface area (Å²) in [7, 11) is 0. The number of carboxylic acid groups (broad SMARTS) is 1. The lowest BCUT2D eigenvalue weighted by molar-refractivity contribution is 0.0696. The van der Waals surface area contributed by atoms with Crippen LogP contribution in [-0.2, 0) is 6.42 Å². The summed E-state index contributed by atoms with van der Waals surface area (Å²) in [4.78, 5) is 15.7. The van der Waals surface area contributed by atoms with Gasteiger partial charge in [0.25, 0.3) is 0 Å². The van der Waals surface area contributed by atoms with Gasteiger partial charge < -0.3 is 10.4 Å². The number of aromatic carboxylic acids is 1. The van der Waals surface area contributed by atoms with E-state index in [1.54, 1.807) is 12.1 Å². The van der Waals surface area contributed by atoms with Crippen molar-refractivity contribution in [3.05, 3.63) is 23.4 Å². The highest BCUT2D eigenvalue weighted by atomic mass is 16.4. The van der Waals surface area contributed by atoms with E-state index in [1.165, 1.54) is 25.7 Å². The molecule has 1 heterocycles. The first kappa shape index (κ1) is 15.8. The lowest BCUT2D eigenvalue weighted by atomic mass is 9.83. The number of nitrogens with one attached hydrogen (secondary N) is 1. The van der Waals surface area contributed by atoms with Crippen molar-refractivity contribution in [2.45, 2.75) is 64.8 Å². The number of hydrogen-bond donors (Lipinski definition) is 2. The van der Waals surface area contributed by atoms with Gasteiger partial charge in [0.2, 0.25) is 0 Å². The first-order valence-electron chi connectivity index (χ1n) is 8.13. The van der Waals surface area contributed by atoms with Crippen LogP contribution in [0.5, 0.6) is 0 Å². The summed E-state index contributed by atoms with van der Waals surface area (Å²) in [5, 5.41) is 12.6. The van der Waals surface area contributed by atoms with E-state index < -0.39 is 5.97 Å². The summed E-state index contributed by atoms with van der Waals surface area (Å²) < 4.78 is 0. The minimum absolute atomic E-state index is 0.323. The third kappa shape index (κ3) is 4.45. The molecule has 4 nitrogen and oxygen atoms in total. The number of pyridine rings is 1. The number of hydrogen-bond acceptors (Lipinski definition) is 3. The molecule has 0 amide bonds. The van der Waals surface area contributed by atoms with Gasteiger partial charge in [-0.3, -0.25) is 0 Å². The van der Waals surface area contributed by atoms with Crippen molar-refractivity contribution in [3.8, 4) is 0 Å². The van der Waals surface area contributed by atoms with Crippen LogP contribution < -0.4 is 5.32 Å². The molecular weight excluding hydrogens is 264 g/mol. The molecule has 0 atom stereocenters. The Morgan fingerprint density at radius 1 is 1.29 bits per heavy atom. The Balaban J connectivity index is 2.00. The largest absolute Gasteiger partial charge is 0.478 e. The molecule has 0 saturated heterocycles. The number of aromatic nitrogens is 1. The van der Waals surface area contributed by atoms with Crippen LogP contribution in [0.3, 0.4) is 0 Å². The zero-order chi connectivity index (χ0) is 15.2. The molecule has 1 aliphatic carbocycles.